The molecule has 2 heterocycles. The molecule has 10 nitrogen and oxygen atoms in total. The number of nitrogens with one attached hydrogen (secondary N) is 2. The Balaban J connectivity index is 0.000000392. The third-order valence-corrected chi connectivity index (χ3v) is 7.60. The van der Waals surface area contributed by atoms with Crippen LogP contribution in [0.3, 0.4) is 0 Å². The number of hydrogen-bond donors (Lipinski definition) is 4. The molecular formula is C32H33F7N6O4. The van der Waals surface area contributed by atoms with Gasteiger partial charge >= 0.3 is 24.3 Å². The Morgan fingerprint density at radius 1 is 0.878 bits per heavy atom. The number of hydrogen-bond acceptors (Lipinski definition) is 8. The topological polar surface area (TPSA) is 151 Å². The van der Waals surface area contributed by atoms with E-state index in [2.05, 4.69) is 32.7 Å². The largest absolute Gasteiger partial charge is 0.490 e. The van der Waals surface area contributed by atoms with Gasteiger partial charge in [-0.15, -0.1) is 0 Å². The van der Waals surface area contributed by atoms with Crippen molar-refractivity contribution >= 4 is 23.6 Å². The van der Waals surface area contributed by atoms with E-state index in [0.717, 1.165) is 55.7 Å². The van der Waals surface area contributed by atoms with Crippen molar-refractivity contribution in [2.24, 2.45) is 0 Å². The monoisotopic (exact) mass is 698 g/mol. The van der Waals surface area contributed by atoms with Gasteiger partial charge in [-0.25, -0.2) is 23.9 Å². The molecular weight excluding hydrogens is 665 g/mol. The summed E-state index contributed by atoms with van der Waals surface area (Å²) in [6.45, 7) is 1.73. The van der Waals surface area contributed by atoms with Crippen molar-refractivity contribution < 1.29 is 50.5 Å². The lowest BCUT2D eigenvalue weighted by molar-refractivity contribution is -0.193. The minimum Gasteiger partial charge on any atom is -0.475 e. The van der Waals surface area contributed by atoms with Crippen LogP contribution >= 0.6 is 0 Å². The minimum absolute atomic E-state index is 0.0927. The summed E-state index contributed by atoms with van der Waals surface area (Å²) >= 11 is 0. The number of halogens is 7. The number of alkyl halides is 6. The fraction of sp³-hybridized carbons (Fsp3) is 0.406. The second kappa shape index (κ2) is 17.4. The Morgan fingerprint density at radius 3 is 2.06 bits per heavy atom. The molecule has 2 aromatic carbocycles. The van der Waals surface area contributed by atoms with E-state index in [-0.39, 0.29) is 11.6 Å². The highest BCUT2D eigenvalue weighted by atomic mass is 19.4. The van der Waals surface area contributed by atoms with Gasteiger partial charge in [-0.05, 0) is 49.9 Å². The summed E-state index contributed by atoms with van der Waals surface area (Å²) in [6, 6.07) is 19.8. The Bertz CT molecular complexity index is 1560. The molecule has 0 bridgehead atoms. The van der Waals surface area contributed by atoms with Crippen molar-refractivity contribution in [3.05, 3.63) is 72.2 Å². The van der Waals surface area contributed by atoms with Crippen LogP contribution in [0.2, 0.25) is 0 Å². The number of benzene rings is 2. The fourth-order valence-electron chi connectivity index (χ4n) is 5.31. The average molecular weight is 699 g/mol. The zero-order valence-electron chi connectivity index (χ0n) is 25.8. The summed E-state index contributed by atoms with van der Waals surface area (Å²) in [5.41, 5.74) is 2.94. The smallest absolute Gasteiger partial charge is 0.475 e. The van der Waals surface area contributed by atoms with Gasteiger partial charge in [0, 0.05) is 48.7 Å². The van der Waals surface area contributed by atoms with E-state index < -0.39 is 30.1 Å². The summed E-state index contributed by atoms with van der Waals surface area (Å²) < 4.78 is 77.7. The first-order valence-electron chi connectivity index (χ1n) is 15.0. The molecule has 0 spiro atoms. The van der Waals surface area contributed by atoms with Crippen LogP contribution in [0, 0.1) is 17.1 Å². The third-order valence-electron chi connectivity index (χ3n) is 7.60. The van der Waals surface area contributed by atoms with Gasteiger partial charge in [-0.1, -0.05) is 43.2 Å². The van der Waals surface area contributed by atoms with Gasteiger partial charge in [0.25, 0.3) is 0 Å². The number of aromatic nitrogens is 2. The van der Waals surface area contributed by atoms with E-state index >= 15 is 0 Å². The summed E-state index contributed by atoms with van der Waals surface area (Å²) in [6.07, 6.45) is -1.62. The second-order valence-electron chi connectivity index (χ2n) is 11.1. The van der Waals surface area contributed by atoms with Crippen LogP contribution in [0.15, 0.2) is 60.8 Å². The molecule has 5 rings (SSSR count). The van der Waals surface area contributed by atoms with E-state index in [1.807, 2.05) is 42.6 Å². The summed E-state index contributed by atoms with van der Waals surface area (Å²) in [5, 5.41) is 30.8. The normalized spacial score (nSPS) is 19.2. The van der Waals surface area contributed by atoms with E-state index in [1.165, 1.54) is 18.9 Å². The Labute approximate surface area is 276 Å². The van der Waals surface area contributed by atoms with Crippen molar-refractivity contribution in [2.75, 3.05) is 23.3 Å². The highest BCUT2D eigenvalue weighted by molar-refractivity contribution is 5.73. The van der Waals surface area contributed by atoms with Crippen LogP contribution in [-0.4, -0.2) is 75.7 Å². The van der Waals surface area contributed by atoms with Crippen LogP contribution in [0.5, 0.6) is 0 Å². The number of carboxylic acids is 2. The van der Waals surface area contributed by atoms with Crippen molar-refractivity contribution in [3.8, 4) is 17.3 Å². The molecule has 2 fully saturated rings. The number of carboxylic acid groups (broad SMARTS) is 2. The predicted octanol–water partition coefficient (Wildman–Crippen LogP) is 6.40. The van der Waals surface area contributed by atoms with Crippen LogP contribution in [-0.2, 0) is 9.59 Å². The number of aliphatic carboxylic acids is 2. The molecule has 2 aliphatic rings. The molecule has 1 aliphatic carbocycles. The molecule has 4 N–H and O–H groups in total. The molecule has 264 valence electrons. The maximum absolute atomic E-state index is 14.2. The van der Waals surface area contributed by atoms with Gasteiger partial charge in [-0.2, -0.15) is 31.6 Å². The zero-order chi connectivity index (χ0) is 36.2. The highest BCUT2D eigenvalue weighted by Crippen LogP contribution is 2.26. The van der Waals surface area contributed by atoms with E-state index in [0.29, 0.717) is 18.0 Å². The lowest BCUT2D eigenvalue weighted by atomic mass is 9.89. The zero-order valence-corrected chi connectivity index (χ0v) is 25.8. The van der Waals surface area contributed by atoms with Gasteiger partial charge in [-0.3, -0.25) is 0 Å². The maximum atomic E-state index is 14.2. The number of anilines is 2. The fourth-order valence-corrected chi connectivity index (χ4v) is 5.31. The van der Waals surface area contributed by atoms with Gasteiger partial charge in [0.05, 0.1) is 11.3 Å². The van der Waals surface area contributed by atoms with Crippen molar-refractivity contribution in [2.45, 2.75) is 69.0 Å². The lowest BCUT2D eigenvalue weighted by Gasteiger charge is -2.40. The summed E-state index contributed by atoms with van der Waals surface area (Å²) in [4.78, 5) is 29.3. The molecule has 17 heteroatoms. The number of piperidine rings is 1. The molecule has 1 aromatic heterocycles. The van der Waals surface area contributed by atoms with Crippen molar-refractivity contribution in [1.29, 1.82) is 5.26 Å². The summed E-state index contributed by atoms with van der Waals surface area (Å²) in [5.74, 6) is -5.29. The van der Waals surface area contributed by atoms with Crippen molar-refractivity contribution in [3.63, 3.8) is 0 Å². The second-order valence-corrected chi connectivity index (χ2v) is 11.1. The molecule has 1 saturated carbocycles. The molecule has 1 aliphatic heterocycles. The molecule has 1 saturated heterocycles. The minimum atomic E-state index is -5.08. The number of nitrogens with zero attached hydrogens (tertiary/aromatic N) is 4. The van der Waals surface area contributed by atoms with E-state index in [4.69, 9.17) is 30.0 Å². The van der Waals surface area contributed by atoms with Gasteiger partial charge < -0.3 is 25.7 Å². The van der Waals surface area contributed by atoms with Crippen LogP contribution < -0.4 is 15.5 Å². The SMILES string of the molecule is N#Cc1ccc(N2CCC[C@H](N[C@@H]3CCCC[C@H]3Nc3nccc(-c4ccccc4)n3)C2)cc1F.O=C(O)C(F)(F)F.O=C(O)C(F)(F)F. The Kier molecular flexibility index (Phi) is 13.7. The Morgan fingerprint density at radius 2 is 1.49 bits per heavy atom. The van der Waals surface area contributed by atoms with Gasteiger partial charge in [0.1, 0.15) is 11.9 Å². The average Bonchev–Trinajstić information content (AvgIpc) is 3.06. The van der Waals surface area contributed by atoms with Crippen LogP contribution in [0.1, 0.15) is 44.1 Å². The molecule has 49 heavy (non-hydrogen) atoms. The predicted molar refractivity (Wildman–Crippen MR) is 164 cm³/mol. The van der Waals surface area contributed by atoms with E-state index in [9.17, 15) is 30.7 Å². The number of rotatable bonds is 6. The number of carbonyl (C=O) groups is 2. The quantitative estimate of drug-likeness (QED) is 0.213. The standard InChI is InChI=1S/C28H31FN6.2C2HF3O2/c29-24-17-23(13-12-21(24)18-30)35-16-6-9-22(19-35)32-26-10-4-5-11-27(26)34-28-31-15-14-25(33-28)20-7-2-1-3-8-20;2*3-2(4,5)1(6)7/h1-3,7-8,12-15,17,22,26-27,32H,4-6,9-11,16,19H2,(H,31,33,34);2*(H,6,7)/t22-,26+,27+;;/m0../s1. The molecule has 0 amide bonds. The lowest BCUT2D eigenvalue weighted by Crippen LogP contribution is -2.55. The number of nitriles is 1. The Hall–Kier alpha value is -4.98. The summed E-state index contributed by atoms with van der Waals surface area (Å²) in [7, 11) is 0. The molecule has 3 atom stereocenters. The van der Waals surface area contributed by atoms with Gasteiger partial charge in [0.2, 0.25) is 5.95 Å². The first-order chi connectivity index (χ1) is 23.1. The van der Waals surface area contributed by atoms with Crippen molar-refractivity contribution in [1.82, 2.24) is 15.3 Å². The third kappa shape index (κ3) is 12.2. The van der Waals surface area contributed by atoms with Crippen LogP contribution in [0.4, 0.5) is 42.4 Å². The van der Waals surface area contributed by atoms with Gasteiger partial charge in [0.15, 0.2) is 0 Å². The highest BCUT2D eigenvalue weighted by Gasteiger charge is 2.39. The molecule has 3 aromatic rings. The van der Waals surface area contributed by atoms with E-state index in [1.54, 1.807) is 6.07 Å². The maximum Gasteiger partial charge on any atom is 0.490 e. The molecule has 0 unspecified atom stereocenters. The first-order valence-corrected chi connectivity index (χ1v) is 15.0. The first kappa shape index (κ1) is 38.5. The molecule has 0 radical (unpaired) electrons. The van der Waals surface area contributed by atoms with Crippen LogP contribution in [0.25, 0.3) is 11.3 Å².